The van der Waals surface area contributed by atoms with Crippen molar-refractivity contribution in [3.8, 4) is 5.75 Å². The number of aromatic nitrogens is 1. The van der Waals surface area contributed by atoms with Crippen LogP contribution in [0.2, 0.25) is 25.7 Å². The quantitative estimate of drug-likeness (QED) is 0.562. The highest BCUT2D eigenvalue weighted by Gasteiger charge is 2.37. The molecule has 0 spiro atoms. The van der Waals surface area contributed by atoms with Crippen molar-refractivity contribution in [1.29, 1.82) is 0 Å². The number of pyridine rings is 1. The Labute approximate surface area is 148 Å². The molecule has 1 aromatic heterocycles. The van der Waals surface area contributed by atoms with Gasteiger partial charge in [-0.05, 0) is 25.1 Å². The molecule has 0 aromatic carbocycles. The number of aliphatic imine (C=N–C) groups is 1. The van der Waals surface area contributed by atoms with Gasteiger partial charge in [0.15, 0.2) is 0 Å². The Kier molecular flexibility index (Phi) is 5.92. The molecule has 132 valence electrons. The van der Waals surface area contributed by atoms with Crippen LogP contribution in [0.4, 0.5) is 4.79 Å². The minimum absolute atomic E-state index is 0.391. The standard InChI is InChI=1S/C16H24N2O4SSi/c1-16(22-15(19)21-9-10-24(3,4)5)11-23-14(18-16)13-12(20-2)7-6-8-17-13/h6-8H,9-11H2,1-5H3. The van der Waals surface area contributed by atoms with Gasteiger partial charge in [0.05, 0.1) is 19.5 Å². The van der Waals surface area contributed by atoms with E-state index >= 15 is 0 Å². The number of carbonyl (C=O) groups excluding carboxylic acids is 1. The highest BCUT2D eigenvalue weighted by Crippen LogP contribution is 2.34. The fourth-order valence-corrected chi connectivity index (χ4v) is 3.81. The predicted molar refractivity (Wildman–Crippen MR) is 98.8 cm³/mol. The Morgan fingerprint density at radius 1 is 1.42 bits per heavy atom. The summed E-state index contributed by atoms with van der Waals surface area (Å²) in [5, 5.41) is 0.699. The molecule has 0 saturated heterocycles. The molecule has 0 N–H and O–H groups in total. The Morgan fingerprint density at radius 3 is 2.83 bits per heavy atom. The van der Waals surface area contributed by atoms with Gasteiger partial charge in [-0.25, -0.2) is 9.79 Å². The summed E-state index contributed by atoms with van der Waals surface area (Å²) >= 11 is 1.48. The van der Waals surface area contributed by atoms with Gasteiger partial charge in [0.2, 0.25) is 5.72 Å². The molecule has 6 nitrogen and oxygen atoms in total. The van der Waals surface area contributed by atoms with Crippen LogP contribution in [0.3, 0.4) is 0 Å². The van der Waals surface area contributed by atoms with Crippen LogP contribution in [0.15, 0.2) is 23.3 Å². The lowest BCUT2D eigenvalue weighted by Crippen LogP contribution is -2.31. The molecule has 0 bridgehead atoms. The van der Waals surface area contributed by atoms with Crippen LogP contribution in [0, 0.1) is 0 Å². The first-order chi connectivity index (χ1) is 11.2. The van der Waals surface area contributed by atoms with Gasteiger partial charge in [-0.15, -0.1) is 0 Å². The van der Waals surface area contributed by atoms with E-state index in [1.165, 1.54) is 11.8 Å². The summed E-state index contributed by atoms with van der Waals surface area (Å²) in [5.41, 5.74) is -0.289. The van der Waals surface area contributed by atoms with E-state index in [9.17, 15) is 4.79 Å². The number of hydrogen-bond donors (Lipinski definition) is 0. The van der Waals surface area contributed by atoms with Gasteiger partial charge in [-0.2, -0.15) is 0 Å². The molecule has 2 rings (SSSR count). The highest BCUT2D eigenvalue weighted by molar-refractivity contribution is 8.14. The number of nitrogens with zero attached hydrogens (tertiary/aromatic N) is 2. The predicted octanol–water partition coefficient (Wildman–Crippen LogP) is 3.79. The van der Waals surface area contributed by atoms with Gasteiger partial charge in [0.25, 0.3) is 0 Å². The molecule has 1 aliphatic heterocycles. The van der Waals surface area contributed by atoms with Crippen molar-refractivity contribution >= 4 is 31.0 Å². The topological polar surface area (TPSA) is 70.0 Å². The average molecular weight is 369 g/mol. The zero-order valence-electron chi connectivity index (χ0n) is 14.8. The lowest BCUT2D eigenvalue weighted by Gasteiger charge is -2.20. The molecule has 0 radical (unpaired) electrons. The molecule has 0 saturated carbocycles. The number of hydrogen-bond acceptors (Lipinski definition) is 7. The smallest absolute Gasteiger partial charge is 0.494 e. The molecule has 1 aliphatic rings. The van der Waals surface area contributed by atoms with Crippen molar-refractivity contribution in [3.63, 3.8) is 0 Å². The first kappa shape index (κ1) is 18.8. The Hall–Kier alpha value is -1.54. The molecule has 0 amide bonds. The van der Waals surface area contributed by atoms with E-state index in [2.05, 4.69) is 29.6 Å². The molecular weight excluding hydrogens is 344 g/mol. The number of methoxy groups -OCH3 is 1. The zero-order chi connectivity index (χ0) is 17.8. The Bertz CT molecular complexity index is 633. The molecule has 2 heterocycles. The third kappa shape index (κ3) is 5.24. The van der Waals surface area contributed by atoms with Gasteiger partial charge in [0, 0.05) is 14.3 Å². The van der Waals surface area contributed by atoms with E-state index in [4.69, 9.17) is 14.2 Å². The number of thioether (sulfide) groups is 1. The maximum atomic E-state index is 11.9. The van der Waals surface area contributed by atoms with Crippen LogP contribution < -0.4 is 4.74 Å². The van der Waals surface area contributed by atoms with Crippen molar-refractivity contribution in [2.45, 2.75) is 38.3 Å². The summed E-state index contributed by atoms with van der Waals surface area (Å²) in [5.74, 6) is 1.16. The maximum Gasteiger partial charge on any atom is 0.510 e. The second-order valence-corrected chi connectivity index (χ2v) is 13.5. The molecule has 1 unspecified atom stereocenters. The van der Waals surface area contributed by atoms with Gasteiger partial charge in [-0.1, -0.05) is 31.4 Å². The van der Waals surface area contributed by atoms with Crippen LogP contribution >= 0.6 is 11.8 Å². The monoisotopic (exact) mass is 368 g/mol. The van der Waals surface area contributed by atoms with Crippen molar-refractivity contribution < 1.29 is 19.0 Å². The van der Waals surface area contributed by atoms with Gasteiger partial charge in [0.1, 0.15) is 16.5 Å². The van der Waals surface area contributed by atoms with E-state index in [-0.39, 0.29) is 0 Å². The summed E-state index contributed by atoms with van der Waals surface area (Å²) in [7, 11) is 0.350. The van der Waals surface area contributed by atoms with Crippen molar-refractivity contribution in [2.75, 3.05) is 19.5 Å². The molecule has 24 heavy (non-hydrogen) atoms. The van der Waals surface area contributed by atoms with E-state index < -0.39 is 20.0 Å². The van der Waals surface area contributed by atoms with E-state index in [0.29, 0.717) is 28.8 Å². The van der Waals surface area contributed by atoms with Crippen LogP contribution in [0.5, 0.6) is 5.75 Å². The number of carbonyl (C=O) groups is 1. The minimum atomic E-state index is -1.24. The average Bonchev–Trinajstić information content (AvgIpc) is 2.87. The Balaban J connectivity index is 1.99. The molecular formula is C16H24N2O4SSi. The van der Waals surface area contributed by atoms with Gasteiger partial charge in [-0.3, -0.25) is 4.98 Å². The zero-order valence-corrected chi connectivity index (χ0v) is 16.6. The first-order valence-corrected chi connectivity index (χ1v) is 12.5. The summed E-state index contributed by atoms with van der Waals surface area (Å²) in [4.78, 5) is 20.7. The highest BCUT2D eigenvalue weighted by atomic mass is 32.2. The second-order valence-electron chi connectivity index (χ2n) is 6.95. The largest absolute Gasteiger partial charge is 0.510 e. The lowest BCUT2D eigenvalue weighted by atomic mass is 10.3. The van der Waals surface area contributed by atoms with Crippen LogP contribution in [0.1, 0.15) is 12.6 Å². The van der Waals surface area contributed by atoms with Crippen LogP contribution in [-0.2, 0) is 9.47 Å². The molecule has 1 aromatic rings. The normalized spacial score (nSPS) is 20.5. The van der Waals surface area contributed by atoms with E-state index in [1.807, 2.05) is 6.07 Å². The fourth-order valence-electron chi connectivity index (χ4n) is 2.02. The number of rotatable bonds is 6. The molecule has 8 heteroatoms. The number of ether oxygens (including phenoxy) is 3. The fraction of sp³-hybridized carbons (Fsp3) is 0.562. The summed E-state index contributed by atoms with van der Waals surface area (Å²) in [6, 6.07) is 4.54. The summed E-state index contributed by atoms with van der Waals surface area (Å²) in [6.07, 6.45) is 1.01. The Morgan fingerprint density at radius 2 is 2.17 bits per heavy atom. The maximum absolute atomic E-state index is 11.9. The molecule has 0 fully saturated rings. The molecule has 1 atom stereocenters. The van der Waals surface area contributed by atoms with Crippen molar-refractivity contribution in [2.24, 2.45) is 4.99 Å². The summed E-state index contributed by atoms with van der Waals surface area (Å²) < 4.78 is 15.9. The van der Waals surface area contributed by atoms with Crippen LogP contribution in [-0.4, -0.2) is 49.5 Å². The third-order valence-electron chi connectivity index (χ3n) is 3.38. The third-order valence-corrected chi connectivity index (χ3v) is 6.33. The van der Waals surface area contributed by atoms with E-state index in [0.717, 1.165) is 6.04 Å². The van der Waals surface area contributed by atoms with Crippen LogP contribution in [0.25, 0.3) is 0 Å². The lowest BCUT2D eigenvalue weighted by molar-refractivity contribution is -0.00613. The molecule has 0 aliphatic carbocycles. The van der Waals surface area contributed by atoms with Gasteiger partial charge < -0.3 is 14.2 Å². The van der Waals surface area contributed by atoms with Gasteiger partial charge >= 0.3 is 6.16 Å². The first-order valence-electron chi connectivity index (χ1n) is 7.80. The van der Waals surface area contributed by atoms with Crippen molar-refractivity contribution in [3.05, 3.63) is 24.0 Å². The second kappa shape index (κ2) is 7.56. The van der Waals surface area contributed by atoms with Crippen molar-refractivity contribution in [1.82, 2.24) is 4.98 Å². The SMILES string of the molecule is COc1cccnc1C1=NC(C)(OC(=O)OCC[Si](C)(C)C)CS1. The van der Waals surface area contributed by atoms with E-state index in [1.54, 1.807) is 26.3 Å². The summed E-state index contributed by atoms with van der Waals surface area (Å²) in [6.45, 7) is 8.85. The minimum Gasteiger partial charge on any atom is -0.494 e.